The lowest BCUT2D eigenvalue weighted by Crippen LogP contribution is -2.13. The molecule has 1 aromatic rings. The van der Waals surface area contributed by atoms with Gasteiger partial charge in [-0.15, -0.1) is 0 Å². The summed E-state index contributed by atoms with van der Waals surface area (Å²) in [6.07, 6.45) is 0. The molecule has 82 valence electrons. The fraction of sp³-hybridized carbons (Fsp3) is 0.364. The van der Waals surface area contributed by atoms with Gasteiger partial charge in [0.1, 0.15) is 5.75 Å². The van der Waals surface area contributed by atoms with Crippen LogP contribution >= 0.6 is 0 Å². The van der Waals surface area contributed by atoms with Crippen LogP contribution in [-0.4, -0.2) is 13.1 Å². The Kier molecular flexibility index (Phi) is 3.68. The van der Waals surface area contributed by atoms with Crippen LogP contribution < -0.4 is 10.6 Å². The maximum Gasteiger partial charge on any atom is 0.357 e. The number of ether oxygens (including phenoxy) is 1. The fourth-order valence-corrected chi connectivity index (χ4v) is 1.41. The van der Waals surface area contributed by atoms with E-state index in [0.717, 1.165) is 5.56 Å². The van der Waals surface area contributed by atoms with Gasteiger partial charge in [0.05, 0.1) is 12.7 Å². The summed E-state index contributed by atoms with van der Waals surface area (Å²) in [5, 5.41) is 0. The van der Waals surface area contributed by atoms with E-state index in [9.17, 15) is 4.79 Å². The molecular weight excluding hydrogens is 194 g/mol. The van der Waals surface area contributed by atoms with E-state index in [0.29, 0.717) is 11.3 Å². The largest absolute Gasteiger partial charge is 0.497 e. The van der Waals surface area contributed by atoms with Crippen molar-refractivity contribution >= 4 is 5.97 Å². The summed E-state index contributed by atoms with van der Waals surface area (Å²) in [5.41, 5.74) is 1.35. The quantitative estimate of drug-likeness (QED) is 0.772. The molecular formula is C11H15NO3. The first kappa shape index (κ1) is 11.5. The Morgan fingerprint density at radius 2 is 2.07 bits per heavy atom. The number of carbonyl (C=O) groups excluding carboxylic acids is 1. The molecule has 0 fully saturated rings. The van der Waals surface area contributed by atoms with Crippen LogP contribution in [0.25, 0.3) is 0 Å². The van der Waals surface area contributed by atoms with Gasteiger partial charge < -0.3 is 9.57 Å². The molecule has 0 saturated carbocycles. The second-order valence-corrected chi connectivity index (χ2v) is 3.51. The number of rotatable bonds is 3. The lowest BCUT2D eigenvalue weighted by atomic mass is 9.97. The normalized spacial score (nSPS) is 10.2. The van der Waals surface area contributed by atoms with E-state index in [2.05, 4.69) is 4.84 Å². The maximum absolute atomic E-state index is 11.4. The molecule has 0 unspecified atom stereocenters. The minimum Gasteiger partial charge on any atom is -0.497 e. The fourth-order valence-electron chi connectivity index (χ4n) is 1.41. The molecule has 2 N–H and O–H groups in total. The van der Waals surface area contributed by atoms with E-state index in [4.69, 9.17) is 10.6 Å². The minimum absolute atomic E-state index is 0.227. The third-order valence-corrected chi connectivity index (χ3v) is 2.21. The van der Waals surface area contributed by atoms with Gasteiger partial charge in [0.2, 0.25) is 0 Å². The predicted molar refractivity (Wildman–Crippen MR) is 56.7 cm³/mol. The molecule has 0 aliphatic carbocycles. The van der Waals surface area contributed by atoms with Gasteiger partial charge in [-0.1, -0.05) is 19.9 Å². The summed E-state index contributed by atoms with van der Waals surface area (Å²) in [5.74, 6) is 5.17. The predicted octanol–water partition coefficient (Wildman–Crippen LogP) is 1.85. The SMILES string of the molecule is COc1ccc(C(C)C)c(C(=O)ON)c1. The van der Waals surface area contributed by atoms with Crippen molar-refractivity contribution in [1.29, 1.82) is 0 Å². The zero-order chi connectivity index (χ0) is 11.4. The van der Waals surface area contributed by atoms with Crippen molar-refractivity contribution in [1.82, 2.24) is 0 Å². The summed E-state index contributed by atoms with van der Waals surface area (Å²) < 4.78 is 5.04. The highest BCUT2D eigenvalue weighted by Gasteiger charge is 2.15. The first-order valence-electron chi connectivity index (χ1n) is 4.69. The molecule has 0 amide bonds. The Morgan fingerprint density at radius 3 is 2.53 bits per heavy atom. The van der Waals surface area contributed by atoms with Gasteiger partial charge >= 0.3 is 5.97 Å². The topological polar surface area (TPSA) is 61.5 Å². The molecule has 0 bridgehead atoms. The standard InChI is InChI=1S/C11H15NO3/c1-7(2)9-5-4-8(14-3)6-10(9)11(13)15-12/h4-7H,12H2,1-3H3. The first-order valence-corrected chi connectivity index (χ1v) is 4.69. The zero-order valence-corrected chi connectivity index (χ0v) is 9.11. The highest BCUT2D eigenvalue weighted by molar-refractivity contribution is 5.91. The smallest absolute Gasteiger partial charge is 0.357 e. The lowest BCUT2D eigenvalue weighted by molar-refractivity contribution is 0.0501. The van der Waals surface area contributed by atoms with Crippen molar-refractivity contribution in [2.75, 3.05) is 7.11 Å². The first-order chi connectivity index (χ1) is 7.10. The number of methoxy groups -OCH3 is 1. The van der Waals surface area contributed by atoms with Crippen LogP contribution in [0.5, 0.6) is 5.75 Å². The van der Waals surface area contributed by atoms with Crippen molar-refractivity contribution in [3.63, 3.8) is 0 Å². The zero-order valence-electron chi connectivity index (χ0n) is 9.11. The highest BCUT2D eigenvalue weighted by Crippen LogP contribution is 2.24. The van der Waals surface area contributed by atoms with Crippen molar-refractivity contribution in [2.24, 2.45) is 5.90 Å². The minimum atomic E-state index is -0.544. The van der Waals surface area contributed by atoms with Crippen molar-refractivity contribution in [3.05, 3.63) is 29.3 Å². The van der Waals surface area contributed by atoms with Gasteiger partial charge in [-0.05, 0) is 23.6 Å². The third-order valence-electron chi connectivity index (χ3n) is 2.21. The van der Waals surface area contributed by atoms with Gasteiger partial charge in [0.15, 0.2) is 0 Å². The van der Waals surface area contributed by atoms with E-state index in [-0.39, 0.29) is 5.92 Å². The summed E-state index contributed by atoms with van der Waals surface area (Å²) in [4.78, 5) is 15.6. The van der Waals surface area contributed by atoms with E-state index < -0.39 is 5.97 Å². The van der Waals surface area contributed by atoms with Crippen LogP contribution in [0, 0.1) is 0 Å². The molecule has 0 heterocycles. The van der Waals surface area contributed by atoms with Gasteiger partial charge in [0.25, 0.3) is 0 Å². The molecule has 0 aromatic heterocycles. The lowest BCUT2D eigenvalue weighted by Gasteiger charge is -2.11. The van der Waals surface area contributed by atoms with Crippen molar-refractivity contribution in [3.8, 4) is 5.75 Å². The summed E-state index contributed by atoms with van der Waals surface area (Å²) in [6, 6.07) is 5.28. The summed E-state index contributed by atoms with van der Waals surface area (Å²) in [6.45, 7) is 3.99. The molecule has 1 aromatic carbocycles. The second kappa shape index (κ2) is 4.79. The van der Waals surface area contributed by atoms with Gasteiger partial charge in [-0.3, -0.25) is 0 Å². The molecule has 15 heavy (non-hydrogen) atoms. The molecule has 4 nitrogen and oxygen atoms in total. The van der Waals surface area contributed by atoms with Crippen LogP contribution in [0.3, 0.4) is 0 Å². The Bertz CT molecular complexity index is 361. The number of hydrogen-bond acceptors (Lipinski definition) is 4. The molecule has 0 saturated heterocycles. The van der Waals surface area contributed by atoms with Gasteiger partial charge in [-0.25, -0.2) is 4.79 Å². The average molecular weight is 209 g/mol. The molecule has 0 radical (unpaired) electrons. The number of nitrogens with two attached hydrogens (primary N) is 1. The number of carbonyl (C=O) groups is 1. The molecule has 4 heteroatoms. The summed E-state index contributed by atoms with van der Waals surface area (Å²) in [7, 11) is 1.54. The monoisotopic (exact) mass is 209 g/mol. The Hall–Kier alpha value is -1.55. The highest BCUT2D eigenvalue weighted by atomic mass is 16.7. The van der Waals surface area contributed by atoms with E-state index in [1.165, 1.54) is 0 Å². The Morgan fingerprint density at radius 1 is 1.40 bits per heavy atom. The molecule has 0 spiro atoms. The van der Waals surface area contributed by atoms with E-state index in [1.54, 1.807) is 13.2 Å². The Balaban J connectivity index is 3.22. The molecule has 1 rings (SSSR count). The van der Waals surface area contributed by atoms with E-state index in [1.807, 2.05) is 26.0 Å². The van der Waals surface area contributed by atoms with Crippen molar-refractivity contribution < 1.29 is 14.4 Å². The molecule has 0 atom stereocenters. The average Bonchev–Trinajstić information content (AvgIpc) is 2.26. The summed E-state index contributed by atoms with van der Waals surface area (Å²) >= 11 is 0. The number of benzene rings is 1. The third kappa shape index (κ3) is 2.47. The van der Waals surface area contributed by atoms with Crippen LogP contribution in [0.4, 0.5) is 0 Å². The van der Waals surface area contributed by atoms with Crippen LogP contribution in [-0.2, 0) is 4.84 Å². The van der Waals surface area contributed by atoms with Crippen LogP contribution in [0.15, 0.2) is 18.2 Å². The van der Waals surface area contributed by atoms with E-state index >= 15 is 0 Å². The van der Waals surface area contributed by atoms with Crippen molar-refractivity contribution in [2.45, 2.75) is 19.8 Å². The van der Waals surface area contributed by atoms with Crippen LogP contribution in [0.2, 0.25) is 0 Å². The number of hydrogen-bond donors (Lipinski definition) is 1. The second-order valence-electron chi connectivity index (χ2n) is 3.51. The molecule has 0 aliphatic rings. The van der Waals surface area contributed by atoms with Crippen LogP contribution in [0.1, 0.15) is 35.7 Å². The molecule has 0 aliphatic heterocycles. The maximum atomic E-state index is 11.4. The Labute approximate surface area is 88.9 Å². The van der Waals surface area contributed by atoms with Gasteiger partial charge in [-0.2, -0.15) is 5.90 Å². The van der Waals surface area contributed by atoms with Gasteiger partial charge in [0, 0.05) is 0 Å².